The van der Waals surface area contributed by atoms with Crippen LogP contribution < -0.4 is 27.1 Å². The maximum absolute atomic E-state index is 15.1. The average molecular weight is 496 g/mol. The van der Waals surface area contributed by atoms with Crippen LogP contribution in [0.5, 0.6) is 0 Å². The molecule has 15 heteroatoms. The summed E-state index contributed by atoms with van der Waals surface area (Å²) >= 11 is 0. The van der Waals surface area contributed by atoms with Crippen molar-refractivity contribution in [1.82, 2.24) is 39.9 Å². The summed E-state index contributed by atoms with van der Waals surface area (Å²) in [4.78, 5) is 15.1. The molecule has 0 aromatic carbocycles. The lowest BCUT2D eigenvalue weighted by Gasteiger charge is -2.46. The number of hydrazine groups is 1. The zero-order chi connectivity index (χ0) is 23.9. The van der Waals surface area contributed by atoms with Crippen LogP contribution in [0.1, 0.15) is 0 Å². The highest BCUT2D eigenvalue weighted by Gasteiger charge is 2.48. The molecular weight excluding hydrogens is 460 g/mol. The highest BCUT2D eigenvalue weighted by atomic mass is 32.2. The number of nitrogens with two attached hydrogens (primary N) is 1. The maximum Gasteiger partial charge on any atom is 0.281 e. The normalized spacial score (nSPS) is 39.5. The average Bonchev–Trinajstić information content (AvgIpc) is 3.08. The second-order valence-electron chi connectivity index (χ2n) is 9.29. The molecule has 4 rings (SSSR count). The molecule has 4 aliphatic rings. The van der Waals surface area contributed by atoms with Crippen molar-refractivity contribution >= 4 is 16.1 Å². The van der Waals surface area contributed by atoms with Gasteiger partial charge in [-0.25, -0.2) is 19.2 Å². The quantitative estimate of drug-likeness (QED) is 0.260. The molecular formula is C18H35F2N9O3S. The van der Waals surface area contributed by atoms with Gasteiger partial charge in [-0.3, -0.25) is 15.0 Å². The van der Waals surface area contributed by atoms with Crippen molar-refractivity contribution in [2.75, 3.05) is 66.5 Å². The van der Waals surface area contributed by atoms with E-state index in [1.165, 1.54) is 22.7 Å². The summed E-state index contributed by atoms with van der Waals surface area (Å²) < 4.78 is 56.1. The van der Waals surface area contributed by atoms with Crippen molar-refractivity contribution in [3.05, 3.63) is 0 Å². The number of hydrogen-bond donors (Lipinski definition) is 5. The molecule has 190 valence electrons. The summed E-state index contributed by atoms with van der Waals surface area (Å²) in [5, 5.41) is 10.6. The minimum Gasteiger partial charge on any atom is -0.350 e. The van der Waals surface area contributed by atoms with Crippen molar-refractivity contribution in [3.8, 4) is 0 Å². The Bertz CT molecular complexity index is 814. The van der Waals surface area contributed by atoms with Crippen molar-refractivity contribution in [2.45, 2.75) is 36.8 Å². The van der Waals surface area contributed by atoms with E-state index in [4.69, 9.17) is 5.73 Å². The number of nitrogens with zero attached hydrogens (tertiary/aromatic N) is 4. The summed E-state index contributed by atoms with van der Waals surface area (Å²) in [6.45, 7) is 2.05. The van der Waals surface area contributed by atoms with Gasteiger partial charge in [-0.15, -0.1) is 0 Å². The molecule has 7 unspecified atom stereocenters. The molecule has 4 aliphatic heterocycles. The van der Waals surface area contributed by atoms with Gasteiger partial charge in [0.15, 0.2) is 0 Å². The van der Waals surface area contributed by atoms with Crippen LogP contribution in [0.3, 0.4) is 0 Å². The Morgan fingerprint density at radius 1 is 1.12 bits per heavy atom. The molecule has 1 amide bonds. The van der Waals surface area contributed by atoms with Gasteiger partial charge in [-0.1, -0.05) is 0 Å². The number of alkyl halides is 2. The van der Waals surface area contributed by atoms with E-state index < -0.39 is 52.9 Å². The van der Waals surface area contributed by atoms with Crippen LogP contribution in [0.4, 0.5) is 8.78 Å². The van der Waals surface area contributed by atoms with Gasteiger partial charge < -0.3 is 16.4 Å². The molecule has 12 nitrogen and oxygen atoms in total. The molecule has 0 aliphatic carbocycles. The fourth-order valence-electron chi connectivity index (χ4n) is 5.21. The topological polar surface area (TPSA) is 138 Å². The molecule has 0 saturated carbocycles. The molecule has 0 aromatic rings. The van der Waals surface area contributed by atoms with Gasteiger partial charge in [0, 0.05) is 66.5 Å². The van der Waals surface area contributed by atoms with Gasteiger partial charge in [-0.05, 0) is 0 Å². The van der Waals surface area contributed by atoms with Crippen LogP contribution in [0.2, 0.25) is 0 Å². The van der Waals surface area contributed by atoms with Crippen molar-refractivity contribution < 1.29 is 22.0 Å². The predicted octanol–water partition coefficient (Wildman–Crippen LogP) is -3.81. The number of rotatable bonds is 5. The second kappa shape index (κ2) is 9.91. The zero-order valence-corrected chi connectivity index (χ0v) is 19.8. The van der Waals surface area contributed by atoms with Gasteiger partial charge in [0.05, 0.1) is 30.3 Å². The molecule has 33 heavy (non-hydrogen) atoms. The highest BCUT2D eigenvalue weighted by molar-refractivity contribution is 7.86. The van der Waals surface area contributed by atoms with E-state index in [1.807, 2.05) is 4.90 Å². The molecule has 0 aromatic heterocycles. The molecule has 0 radical (unpaired) electrons. The lowest BCUT2D eigenvalue weighted by Crippen LogP contribution is -2.68. The first-order valence-corrected chi connectivity index (χ1v) is 12.7. The maximum atomic E-state index is 15.1. The number of fused-ring (bicyclic) bond motifs is 1. The largest absolute Gasteiger partial charge is 0.350 e. The minimum absolute atomic E-state index is 0.134. The first kappa shape index (κ1) is 25.1. The van der Waals surface area contributed by atoms with Crippen molar-refractivity contribution in [2.24, 2.45) is 11.7 Å². The molecule has 7 atom stereocenters. The van der Waals surface area contributed by atoms with Crippen molar-refractivity contribution in [1.29, 1.82) is 0 Å². The third-order valence-corrected chi connectivity index (χ3v) is 8.86. The van der Waals surface area contributed by atoms with Crippen LogP contribution in [-0.4, -0.2) is 136 Å². The Kier molecular flexibility index (Phi) is 7.53. The van der Waals surface area contributed by atoms with Gasteiger partial charge in [0.1, 0.15) is 12.3 Å². The molecule has 0 bridgehead atoms. The number of carbonyl (C=O) groups is 1. The number of nitrogens with one attached hydrogen (secondary N) is 4. The number of carbonyl (C=O) groups excluding carboxylic acids is 1. The van der Waals surface area contributed by atoms with E-state index in [0.717, 1.165) is 0 Å². The van der Waals surface area contributed by atoms with Gasteiger partial charge in [0.25, 0.3) is 10.2 Å². The van der Waals surface area contributed by atoms with Gasteiger partial charge in [0.2, 0.25) is 5.91 Å². The molecule has 4 heterocycles. The lowest BCUT2D eigenvalue weighted by atomic mass is 9.94. The summed E-state index contributed by atoms with van der Waals surface area (Å²) in [6.07, 6.45) is -3.42. The number of halogens is 2. The van der Waals surface area contributed by atoms with Gasteiger partial charge in [-0.2, -0.15) is 17.0 Å². The number of piperazine rings is 1. The Balaban J connectivity index is 1.41. The van der Waals surface area contributed by atoms with E-state index in [2.05, 4.69) is 21.4 Å². The Hall–Kier alpha value is -1.04. The van der Waals surface area contributed by atoms with E-state index in [1.54, 1.807) is 5.01 Å². The predicted molar refractivity (Wildman–Crippen MR) is 117 cm³/mol. The number of amides is 1. The highest BCUT2D eigenvalue weighted by Crippen LogP contribution is 2.24. The third kappa shape index (κ3) is 5.01. The number of piperidine rings is 1. The van der Waals surface area contributed by atoms with Crippen LogP contribution in [0.25, 0.3) is 0 Å². The Morgan fingerprint density at radius 2 is 1.82 bits per heavy atom. The summed E-state index contributed by atoms with van der Waals surface area (Å²) in [5.41, 5.74) is 9.08. The molecule has 4 fully saturated rings. The van der Waals surface area contributed by atoms with Crippen LogP contribution >= 0.6 is 0 Å². The Morgan fingerprint density at radius 3 is 2.48 bits per heavy atom. The van der Waals surface area contributed by atoms with Crippen LogP contribution in [-0.2, 0) is 15.0 Å². The van der Waals surface area contributed by atoms with Crippen LogP contribution in [0.15, 0.2) is 0 Å². The fourth-order valence-corrected chi connectivity index (χ4v) is 6.30. The van der Waals surface area contributed by atoms with Gasteiger partial charge >= 0.3 is 0 Å². The molecule has 4 saturated heterocycles. The summed E-state index contributed by atoms with van der Waals surface area (Å²) in [7, 11) is -0.563. The summed E-state index contributed by atoms with van der Waals surface area (Å²) in [6, 6.07) is -1.10. The fraction of sp³-hybridized carbons (Fsp3) is 0.944. The minimum atomic E-state index is -3.53. The number of hydrogen-bond acceptors (Lipinski definition) is 9. The van der Waals surface area contributed by atoms with E-state index in [-0.39, 0.29) is 38.6 Å². The lowest BCUT2D eigenvalue weighted by molar-refractivity contribution is -0.128. The first-order valence-electron chi connectivity index (χ1n) is 11.3. The Labute approximate surface area is 193 Å². The van der Waals surface area contributed by atoms with E-state index in [0.29, 0.717) is 19.6 Å². The molecule has 6 N–H and O–H groups in total. The second-order valence-corrected chi connectivity index (χ2v) is 11.4. The summed E-state index contributed by atoms with van der Waals surface area (Å²) in [5.74, 6) is -0.993. The molecule has 0 spiro atoms. The smallest absolute Gasteiger partial charge is 0.281 e. The van der Waals surface area contributed by atoms with E-state index in [9.17, 15) is 17.6 Å². The first-order chi connectivity index (χ1) is 15.6. The zero-order valence-electron chi connectivity index (χ0n) is 19.0. The van der Waals surface area contributed by atoms with Crippen molar-refractivity contribution in [3.63, 3.8) is 0 Å². The van der Waals surface area contributed by atoms with E-state index >= 15 is 4.39 Å². The standard InChI is InChI=1S/C18H35F2N9O3S/c1-26(2)33(31,32)28-5-3-27(4-6-28)15-12(20)8-22-9-13(15)24-18(30)14-16(21)25-29-10-11(19)7-23-17(14)29/h11-17,22-23,25H,3-10,21H2,1-2H3,(H,24,30). The monoisotopic (exact) mass is 495 g/mol. The third-order valence-electron chi connectivity index (χ3n) is 6.92. The van der Waals surface area contributed by atoms with Crippen LogP contribution in [0, 0.1) is 5.92 Å². The SMILES string of the molecule is CN(C)S(=O)(=O)N1CCN(C2C(F)CNCC2NC(=O)C2C(N)NN3CC(F)CNC23)CC1.